The van der Waals surface area contributed by atoms with E-state index in [9.17, 15) is 0 Å². The van der Waals surface area contributed by atoms with E-state index in [1.807, 2.05) is 35.1 Å². The average Bonchev–Trinajstić information content (AvgIpc) is 3.62. The van der Waals surface area contributed by atoms with E-state index in [1.54, 1.807) is 0 Å². The van der Waals surface area contributed by atoms with Gasteiger partial charge in [-0.05, 0) is 72.0 Å². The van der Waals surface area contributed by atoms with Gasteiger partial charge in [-0.1, -0.05) is 24.3 Å². The fraction of sp³-hybridized carbons (Fsp3) is 0.231. The lowest BCUT2D eigenvalue weighted by Crippen LogP contribution is -2.19. The maximum Gasteiger partial charge on any atom is 0.169 e. The Morgan fingerprint density at radius 3 is 2.80 bits per heavy atom. The molecule has 1 fully saturated rings. The van der Waals surface area contributed by atoms with Gasteiger partial charge in [0, 0.05) is 18.7 Å². The van der Waals surface area contributed by atoms with Gasteiger partial charge in [0.1, 0.15) is 17.3 Å². The lowest BCUT2D eigenvalue weighted by molar-refractivity contribution is 0.479. The summed E-state index contributed by atoms with van der Waals surface area (Å²) in [5, 5.41) is 8.11. The van der Waals surface area contributed by atoms with Gasteiger partial charge in [0.15, 0.2) is 5.82 Å². The molecule has 0 amide bonds. The summed E-state index contributed by atoms with van der Waals surface area (Å²) in [6.45, 7) is 1.73. The SMILES string of the molecule is Nc1cc(Cc2cnn(Cc3cccc(Oc4cccc(C5CCCN5)c4)c3)c2)c2c(n1)NNN2. The van der Waals surface area contributed by atoms with Crippen LogP contribution in [-0.2, 0) is 13.0 Å². The summed E-state index contributed by atoms with van der Waals surface area (Å²) in [5.74, 6) is 2.86. The van der Waals surface area contributed by atoms with Crippen molar-refractivity contribution in [2.75, 3.05) is 23.1 Å². The lowest BCUT2D eigenvalue weighted by atomic mass is 10.1. The van der Waals surface area contributed by atoms with Crippen molar-refractivity contribution >= 4 is 17.3 Å². The van der Waals surface area contributed by atoms with Crippen LogP contribution in [0.5, 0.6) is 11.5 Å². The number of hydrogen-bond donors (Lipinski definition) is 5. The van der Waals surface area contributed by atoms with Crippen LogP contribution in [-0.4, -0.2) is 21.3 Å². The number of rotatable bonds is 7. The second kappa shape index (κ2) is 9.28. The molecule has 2 aromatic carbocycles. The highest BCUT2D eigenvalue weighted by Gasteiger charge is 2.18. The third-order valence-electron chi connectivity index (χ3n) is 6.37. The molecule has 1 unspecified atom stereocenters. The molecule has 0 saturated carbocycles. The molecule has 9 heteroatoms. The molecule has 1 atom stereocenters. The molecule has 0 aliphatic carbocycles. The highest BCUT2D eigenvalue weighted by Crippen LogP contribution is 2.31. The first-order valence-corrected chi connectivity index (χ1v) is 11.9. The van der Waals surface area contributed by atoms with Crippen molar-refractivity contribution < 1.29 is 4.74 Å². The quantitative estimate of drug-likeness (QED) is 0.277. The molecular weight excluding hydrogens is 440 g/mol. The molecule has 2 aromatic heterocycles. The molecule has 9 nitrogen and oxygen atoms in total. The Morgan fingerprint density at radius 1 is 1.03 bits per heavy atom. The van der Waals surface area contributed by atoms with E-state index in [-0.39, 0.29) is 0 Å². The monoisotopic (exact) mass is 468 g/mol. The standard InChI is InChI=1S/C26H28N8O/c27-24-13-20(25-26(30-24)32-33-31-25)10-18-14-29-34(16-18)15-17-4-1-6-21(11-17)35-22-7-2-5-19(12-22)23-8-3-9-28-23/h1-2,4-7,11-14,16,23,28,31,33H,3,8-10,15H2,(H3,27,30,32). The minimum absolute atomic E-state index is 0.423. The zero-order chi connectivity index (χ0) is 23.6. The first kappa shape index (κ1) is 21.5. The molecule has 0 radical (unpaired) electrons. The van der Waals surface area contributed by atoms with E-state index in [2.05, 4.69) is 68.3 Å². The van der Waals surface area contributed by atoms with Crippen LogP contribution in [0.2, 0.25) is 0 Å². The van der Waals surface area contributed by atoms with E-state index >= 15 is 0 Å². The fourth-order valence-electron chi connectivity index (χ4n) is 4.74. The Hall–Kier alpha value is -4.08. The number of ether oxygens (including phenoxy) is 1. The number of hydrazine groups is 2. The highest BCUT2D eigenvalue weighted by molar-refractivity contribution is 5.74. The van der Waals surface area contributed by atoms with Crippen LogP contribution in [0.4, 0.5) is 17.3 Å². The van der Waals surface area contributed by atoms with E-state index in [0.29, 0.717) is 30.6 Å². The highest BCUT2D eigenvalue weighted by atomic mass is 16.5. The maximum absolute atomic E-state index is 6.20. The van der Waals surface area contributed by atoms with E-state index in [4.69, 9.17) is 10.5 Å². The number of nitrogen functional groups attached to an aromatic ring is 1. The molecule has 1 saturated heterocycles. The number of nitrogens with zero attached hydrogens (tertiary/aromatic N) is 3. The van der Waals surface area contributed by atoms with Crippen molar-refractivity contribution in [2.24, 2.45) is 0 Å². The molecule has 0 spiro atoms. The van der Waals surface area contributed by atoms with E-state index < -0.39 is 0 Å². The van der Waals surface area contributed by atoms with Crippen LogP contribution in [0, 0.1) is 0 Å². The largest absolute Gasteiger partial charge is 0.457 e. The summed E-state index contributed by atoms with van der Waals surface area (Å²) >= 11 is 0. The van der Waals surface area contributed by atoms with Gasteiger partial charge in [-0.25, -0.2) is 4.98 Å². The maximum atomic E-state index is 6.20. The van der Waals surface area contributed by atoms with Gasteiger partial charge in [-0.2, -0.15) is 5.10 Å². The van der Waals surface area contributed by atoms with E-state index in [0.717, 1.165) is 40.4 Å². The minimum atomic E-state index is 0.423. The van der Waals surface area contributed by atoms with Gasteiger partial charge < -0.3 is 21.2 Å². The summed E-state index contributed by atoms with van der Waals surface area (Å²) < 4.78 is 8.14. The number of benzene rings is 2. The van der Waals surface area contributed by atoms with Crippen molar-refractivity contribution in [3.63, 3.8) is 0 Å². The van der Waals surface area contributed by atoms with Crippen molar-refractivity contribution in [1.29, 1.82) is 0 Å². The second-order valence-electron chi connectivity index (χ2n) is 9.00. The van der Waals surface area contributed by atoms with Crippen LogP contribution in [0.3, 0.4) is 0 Å². The van der Waals surface area contributed by atoms with E-state index in [1.165, 1.54) is 18.4 Å². The predicted octanol–water partition coefficient (Wildman–Crippen LogP) is 3.97. The van der Waals surface area contributed by atoms with Crippen LogP contribution in [0.25, 0.3) is 0 Å². The molecule has 4 aromatic rings. The van der Waals surface area contributed by atoms with Crippen LogP contribution < -0.4 is 32.2 Å². The second-order valence-corrected chi connectivity index (χ2v) is 9.00. The summed E-state index contributed by atoms with van der Waals surface area (Å²) in [6, 6.07) is 18.8. The Kier molecular flexibility index (Phi) is 5.69. The smallest absolute Gasteiger partial charge is 0.169 e. The average molecular weight is 469 g/mol. The van der Waals surface area contributed by atoms with Crippen LogP contribution >= 0.6 is 0 Å². The molecule has 6 N–H and O–H groups in total. The first-order valence-electron chi connectivity index (χ1n) is 11.9. The summed E-state index contributed by atoms with van der Waals surface area (Å²) in [7, 11) is 0. The van der Waals surface area contributed by atoms with Crippen molar-refractivity contribution in [2.45, 2.75) is 31.8 Å². The molecule has 2 aliphatic heterocycles. The van der Waals surface area contributed by atoms with Crippen molar-refractivity contribution in [3.05, 3.63) is 89.2 Å². The van der Waals surface area contributed by atoms with Crippen molar-refractivity contribution in [3.8, 4) is 11.5 Å². The fourth-order valence-corrected chi connectivity index (χ4v) is 4.74. The molecule has 4 heterocycles. The Labute approximate surface area is 203 Å². The number of anilines is 3. The number of hydrogen-bond acceptors (Lipinski definition) is 8. The summed E-state index contributed by atoms with van der Waals surface area (Å²) in [4.78, 5) is 4.29. The molecule has 0 bridgehead atoms. The van der Waals surface area contributed by atoms with Crippen LogP contribution in [0.15, 0.2) is 67.0 Å². The molecular formula is C26H28N8O. The third kappa shape index (κ3) is 4.77. The van der Waals surface area contributed by atoms with Crippen molar-refractivity contribution in [1.82, 2.24) is 25.6 Å². The Morgan fingerprint density at radius 2 is 1.91 bits per heavy atom. The number of pyridine rings is 1. The Bertz CT molecular complexity index is 1340. The lowest BCUT2D eigenvalue weighted by Gasteiger charge is -2.13. The van der Waals surface area contributed by atoms with Gasteiger partial charge in [0.25, 0.3) is 0 Å². The molecule has 2 aliphatic rings. The first-order chi connectivity index (χ1) is 17.2. The van der Waals surface area contributed by atoms with Gasteiger partial charge >= 0.3 is 0 Å². The minimum Gasteiger partial charge on any atom is -0.457 e. The molecule has 178 valence electrons. The van der Waals surface area contributed by atoms with Gasteiger partial charge in [-0.3, -0.25) is 10.1 Å². The molecule has 35 heavy (non-hydrogen) atoms. The number of nitrogens with one attached hydrogen (secondary N) is 4. The number of aromatic nitrogens is 3. The number of fused-ring (bicyclic) bond motifs is 1. The zero-order valence-electron chi connectivity index (χ0n) is 19.3. The zero-order valence-corrected chi connectivity index (χ0v) is 19.3. The predicted molar refractivity (Wildman–Crippen MR) is 136 cm³/mol. The van der Waals surface area contributed by atoms with Gasteiger partial charge in [0.2, 0.25) is 0 Å². The topological polar surface area (TPSA) is 114 Å². The van der Waals surface area contributed by atoms with Gasteiger partial charge in [0.05, 0.1) is 18.4 Å². The van der Waals surface area contributed by atoms with Gasteiger partial charge in [-0.15, -0.1) is 5.53 Å². The molecule has 6 rings (SSSR count). The Balaban J connectivity index is 1.14. The summed E-state index contributed by atoms with van der Waals surface area (Å²) in [5.41, 5.74) is 20.3. The van der Waals surface area contributed by atoms with Crippen LogP contribution in [0.1, 0.15) is 41.1 Å². The third-order valence-corrected chi connectivity index (χ3v) is 6.37. The normalized spacial score (nSPS) is 16.5. The number of nitrogens with two attached hydrogens (primary N) is 1. The summed E-state index contributed by atoms with van der Waals surface area (Å²) in [6.07, 6.45) is 7.04.